The first kappa shape index (κ1) is 19.6. The van der Waals surface area contributed by atoms with Crippen molar-refractivity contribution < 1.29 is 9.90 Å². The molecule has 0 aromatic rings. The van der Waals surface area contributed by atoms with Crippen LogP contribution in [0.5, 0.6) is 0 Å². The smallest absolute Gasteiger partial charge is 0.407 e. The van der Waals surface area contributed by atoms with Crippen LogP contribution in [-0.2, 0) is 0 Å². The van der Waals surface area contributed by atoms with Crippen molar-refractivity contribution in [3.8, 4) is 0 Å². The molecule has 2 aliphatic rings. The largest absolute Gasteiger partial charge is 0.465 e. The third-order valence-corrected chi connectivity index (χ3v) is 5.92. The highest BCUT2D eigenvalue weighted by atomic mass is 16.4. The van der Waals surface area contributed by atoms with Gasteiger partial charge in [-0.3, -0.25) is 0 Å². The molecule has 0 spiro atoms. The van der Waals surface area contributed by atoms with Crippen molar-refractivity contribution in [2.45, 2.75) is 90.6 Å². The molecule has 0 radical (unpaired) electrons. The van der Waals surface area contributed by atoms with Gasteiger partial charge in [0.25, 0.3) is 0 Å². The average Bonchev–Trinajstić information content (AvgIpc) is 2.48. The molecule has 2 rings (SSSR count). The molecule has 1 heterocycles. The second-order valence-electron chi connectivity index (χ2n) is 8.99. The molecule has 1 N–H and O–H groups in total. The number of carboxylic acid groups (broad SMARTS) is 1. The van der Waals surface area contributed by atoms with E-state index in [2.05, 4.69) is 11.8 Å². The fraction of sp³-hybridized carbons (Fsp3) is 0.950. The summed E-state index contributed by atoms with van der Waals surface area (Å²) in [6, 6.07) is 0.183. The Hall–Kier alpha value is -0.770. The Bertz CT molecular complexity index is 403. The zero-order valence-electron chi connectivity index (χ0n) is 16.3. The molecule has 140 valence electrons. The van der Waals surface area contributed by atoms with Gasteiger partial charge in [0.1, 0.15) is 0 Å². The molecule has 4 heteroatoms. The van der Waals surface area contributed by atoms with Gasteiger partial charge in [-0.05, 0) is 71.3 Å². The molecule has 3 atom stereocenters. The maximum absolute atomic E-state index is 11.9. The monoisotopic (exact) mass is 338 g/mol. The number of carbonyl (C=O) groups is 1. The van der Waals surface area contributed by atoms with E-state index in [0.29, 0.717) is 5.92 Å². The van der Waals surface area contributed by atoms with E-state index < -0.39 is 6.09 Å². The van der Waals surface area contributed by atoms with Gasteiger partial charge in [0.15, 0.2) is 0 Å². The van der Waals surface area contributed by atoms with Crippen LogP contribution in [0.25, 0.3) is 0 Å². The van der Waals surface area contributed by atoms with Crippen molar-refractivity contribution in [3.63, 3.8) is 0 Å². The zero-order valence-corrected chi connectivity index (χ0v) is 16.3. The van der Waals surface area contributed by atoms with Crippen molar-refractivity contribution in [3.05, 3.63) is 0 Å². The lowest BCUT2D eigenvalue weighted by Gasteiger charge is -2.47. The number of likely N-dealkylation sites (tertiary alicyclic amines) is 1. The van der Waals surface area contributed by atoms with E-state index in [9.17, 15) is 9.90 Å². The Balaban J connectivity index is 2.04. The molecular formula is C20H38N2O2. The van der Waals surface area contributed by atoms with Crippen LogP contribution >= 0.6 is 0 Å². The van der Waals surface area contributed by atoms with Crippen molar-refractivity contribution in [2.75, 3.05) is 19.6 Å². The minimum Gasteiger partial charge on any atom is -0.465 e. The molecule has 1 saturated heterocycles. The van der Waals surface area contributed by atoms with Crippen LogP contribution in [0, 0.1) is 11.8 Å². The van der Waals surface area contributed by atoms with Crippen LogP contribution < -0.4 is 0 Å². The van der Waals surface area contributed by atoms with Gasteiger partial charge in [0.2, 0.25) is 0 Å². The molecule has 0 aromatic carbocycles. The van der Waals surface area contributed by atoms with Gasteiger partial charge in [0, 0.05) is 24.7 Å². The Morgan fingerprint density at radius 2 is 1.88 bits per heavy atom. The van der Waals surface area contributed by atoms with E-state index in [1.54, 1.807) is 4.90 Å². The summed E-state index contributed by atoms with van der Waals surface area (Å²) in [6.07, 6.45) is 9.19. The van der Waals surface area contributed by atoms with Gasteiger partial charge < -0.3 is 14.9 Å². The average molecular weight is 339 g/mol. The molecule has 4 nitrogen and oxygen atoms in total. The second-order valence-corrected chi connectivity index (χ2v) is 8.99. The summed E-state index contributed by atoms with van der Waals surface area (Å²) in [7, 11) is 0. The normalized spacial score (nSPS) is 29.4. The maximum atomic E-state index is 11.9. The van der Waals surface area contributed by atoms with Crippen LogP contribution in [0.3, 0.4) is 0 Å². The van der Waals surface area contributed by atoms with E-state index >= 15 is 0 Å². The summed E-state index contributed by atoms with van der Waals surface area (Å²) in [5.41, 5.74) is -0.321. The quantitative estimate of drug-likeness (QED) is 0.780. The van der Waals surface area contributed by atoms with Crippen molar-refractivity contribution in [2.24, 2.45) is 11.8 Å². The van der Waals surface area contributed by atoms with Crippen LogP contribution in [0.15, 0.2) is 0 Å². The van der Waals surface area contributed by atoms with E-state index in [4.69, 9.17) is 0 Å². The van der Waals surface area contributed by atoms with Crippen LogP contribution in [0.1, 0.15) is 79.1 Å². The SMILES string of the molecule is CCCC1CCCN(C[C@@H]2CCCC[C@H]2N(C(=O)O)C(C)(C)C)C1. The summed E-state index contributed by atoms with van der Waals surface area (Å²) in [4.78, 5) is 16.3. The molecule has 1 aliphatic heterocycles. The van der Waals surface area contributed by atoms with Crippen molar-refractivity contribution in [1.29, 1.82) is 0 Å². The van der Waals surface area contributed by atoms with Crippen molar-refractivity contribution >= 4 is 6.09 Å². The van der Waals surface area contributed by atoms with Gasteiger partial charge in [-0.15, -0.1) is 0 Å². The summed E-state index contributed by atoms with van der Waals surface area (Å²) in [5, 5.41) is 9.81. The van der Waals surface area contributed by atoms with Gasteiger partial charge >= 0.3 is 6.09 Å². The second kappa shape index (κ2) is 8.55. The maximum Gasteiger partial charge on any atom is 0.407 e. The lowest BCUT2D eigenvalue weighted by Crippen LogP contribution is -2.56. The molecule has 2 fully saturated rings. The zero-order chi connectivity index (χ0) is 17.7. The summed E-state index contributed by atoms with van der Waals surface area (Å²) in [6.45, 7) is 11.9. The predicted molar refractivity (Wildman–Crippen MR) is 99.4 cm³/mol. The van der Waals surface area contributed by atoms with Gasteiger partial charge in [-0.1, -0.05) is 26.2 Å². The van der Waals surface area contributed by atoms with Gasteiger partial charge in [0.05, 0.1) is 0 Å². The fourth-order valence-corrected chi connectivity index (χ4v) is 4.96. The first-order valence-corrected chi connectivity index (χ1v) is 10.1. The third-order valence-electron chi connectivity index (χ3n) is 5.92. The first-order chi connectivity index (χ1) is 11.3. The molecule has 0 aromatic heterocycles. The number of nitrogens with zero attached hydrogens (tertiary/aromatic N) is 2. The highest BCUT2D eigenvalue weighted by Gasteiger charge is 2.39. The van der Waals surface area contributed by atoms with Gasteiger partial charge in [-0.2, -0.15) is 0 Å². The number of piperidine rings is 1. The summed E-state index contributed by atoms with van der Waals surface area (Å²) < 4.78 is 0. The van der Waals surface area contributed by atoms with E-state index in [-0.39, 0.29) is 11.6 Å². The predicted octanol–water partition coefficient (Wildman–Crippen LogP) is 4.84. The van der Waals surface area contributed by atoms with E-state index in [1.165, 1.54) is 58.0 Å². The highest BCUT2D eigenvalue weighted by molar-refractivity contribution is 5.66. The lowest BCUT2D eigenvalue weighted by molar-refractivity contribution is 0.0173. The van der Waals surface area contributed by atoms with Gasteiger partial charge in [-0.25, -0.2) is 4.79 Å². The number of hydrogen-bond donors (Lipinski definition) is 1. The molecule has 1 saturated carbocycles. The fourth-order valence-electron chi connectivity index (χ4n) is 4.96. The Morgan fingerprint density at radius 3 is 2.50 bits per heavy atom. The number of hydrogen-bond acceptors (Lipinski definition) is 2. The van der Waals surface area contributed by atoms with E-state index in [0.717, 1.165) is 18.9 Å². The third kappa shape index (κ3) is 5.11. The van der Waals surface area contributed by atoms with Crippen molar-refractivity contribution in [1.82, 2.24) is 9.80 Å². The molecule has 1 aliphatic carbocycles. The van der Waals surface area contributed by atoms with Crippen LogP contribution in [0.2, 0.25) is 0 Å². The summed E-state index contributed by atoms with van der Waals surface area (Å²) >= 11 is 0. The molecular weight excluding hydrogens is 300 g/mol. The lowest BCUT2D eigenvalue weighted by atomic mass is 9.81. The Morgan fingerprint density at radius 1 is 1.17 bits per heavy atom. The standard InChI is InChI=1S/C20H38N2O2/c1-5-9-16-10-8-13-21(14-16)15-17-11-6-7-12-18(17)22(19(23)24)20(2,3)4/h16-18H,5-15H2,1-4H3,(H,23,24)/t16?,17-,18+/m0/s1. The number of rotatable bonds is 5. The van der Waals surface area contributed by atoms with Crippen LogP contribution in [-0.4, -0.2) is 52.2 Å². The minimum atomic E-state index is -0.748. The number of amides is 1. The molecule has 1 amide bonds. The molecule has 1 unspecified atom stereocenters. The molecule has 0 bridgehead atoms. The molecule has 24 heavy (non-hydrogen) atoms. The highest BCUT2D eigenvalue weighted by Crippen LogP contribution is 2.34. The van der Waals surface area contributed by atoms with Crippen LogP contribution in [0.4, 0.5) is 4.79 Å². The topological polar surface area (TPSA) is 43.8 Å². The Labute approximate surface area is 148 Å². The minimum absolute atomic E-state index is 0.183. The van der Waals surface area contributed by atoms with E-state index in [1.807, 2.05) is 20.8 Å². The Kier molecular flexibility index (Phi) is 6.97. The first-order valence-electron chi connectivity index (χ1n) is 10.1. The summed E-state index contributed by atoms with van der Waals surface area (Å²) in [5.74, 6) is 1.35.